The lowest BCUT2D eigenvalue weighted by Crippen LogP contribution is -2.33. The average molecular weight is 383 g/mol. The first-order valence-corrected chi connectivity index (χ1v) is 10.6. The summed E-state index contributed by atoms with van der Waals surface area (Å²) in [6, 6.07) is 1.75. The number of nitrogens with zero attached hydrogens (tertiary/aromatic N) is 6. The molecule has 2 aliphatic rings. The van der Waals surface area contributed by atoms with Crippen LogP contribution in [0.5, 0.6) is 5.88 Å². The van der Waals surface area contributed by atoms with Crippen LogP contribution in [0.4, 0.5) is 5.95 Å². The molecular formula is C21H30N6O. The van der Waals surface area contributed by atoms with Crippen molar-refractivity contribution < 1.29 is 5.11 Å². The van der Waals surface area contributed by atoms with Crippen LogP contribution in [-0.2, 0) is 13.0 Å². The topological polar surface area (TPSA) is 78.3 Å². The molecule has 0 unspecified atom stereocenters. The molecule has 150 valence electrons. The van der Waals surface area contributed by atoms with Crippen LogP contribution >= 0.6 is 0 Å². The summed E-state index contributed by atoms with van der Waals surface area (Å²) in [5.74, 6) is 2.11. The van der Waals surface area contributed by atoms with E-state index in [2.05, 4.69) is 31.7 Å². The van der Waals surface area contributed by atoms with Crippen molar-refractivity contribution in [3.8, 4) is 5.88 Å². The summed E-state index contributed by atoms with van der Waals surface area (Å²) in [7, 11) is 0. The number of likely N-dealkylation sites (tertiary alicyclic amines) is 1. The zero-order valence-electron chi connectivity index (χ0n) is 16.7. The van der Waals surface area contributed by atoms with E-state index >= 15 is 0 Å². The van der Waals surface area contributed by atoms with Crippen molar-refractivity contribution in [3.63, 3.8) is 0 Å². The van der Waals surface area contributed by atoms with E-state index in [9.17, 15) is 5.11 Å². The number of anilines is 1. The van der Waals surface area contributed by atoms with Gasteiger partial charge >= 0.3 is 0 Å². The Morgan fingerprint density at radius 1 is 1.04 bits per heavy atom. The first-order chi connectivity index (χ1) is 13.7. The van der Waals surface area contributed by atoms with Crippen molar-refractivity contribution in [2.75, 3.05) is 31.1 Å². The first kappa shape index (κ1) is 19.1. The molecule has 0 aliphatic carbocycles. The molecule has 1 N–H and O–H groups in total. The Morgan fingerprint density at radius 2 is 1.75 bits per heavy atom. The van der Waals surface area contributed by atoms with Crippen LogP contribution in [0.1, 0.15) is 62.0 Å². The Labute approximate surface area is 166 Å². The van der Waals surface area contributed by atoms with E-state index in [1.807, 2.05) is 12.4 Å². The van der Waals surface area contributed by atoms with Gasteiger partial charge < -0.3 is 10.0 Å². The number of hydrogen-bond donors (Lipinski definition) is 1. The van der Waals surface area contributed by atoms with E-state index in [1.165, 1.54) is 18.4 Å². The Morgan fingerprint density at radius 3 is 2.43 bits per heavy atom. The zero-order chi connectivity index (χ0) is 19.3. The van der Waals surface area contributed by atoms with Crippen LogP contribution < -0.4 is 4.90 Å². The Balaban J connectivity index is 1.35. The Hall–Kier alpha value is -2.28. The van der Waals surface area contributed by atoms with Gasteiger partial charge in [-0.15, -0.1) is 0 Å². The van der Waals surface area contributed by atoms with Crippen LogP contribution in [0.2, 0.25) is 0 Å². The Bertz CT molecular complexity index is 767. The molecule has 4 heterocycles. The van der Waals surface area contributed by atoms with Crippen LogP contribution in [0.15, 0.2) is 18.5 Å². The summed E-state index contributed by atoms with van der Waals surface area (Å²) in [6.07, 6.45) is 10.4. The highest BCUT2D eigenvalue weighted by Gasteiger charge is 2.24. The summed E-state index contributed by atoms with van der Waals surface area (Å²) in [5, 5.41) is 10.1. The maximum Gasteiger partial charge on any atom is 0.228 e. The minimum absolute atomic E-state index is 0.0960. The fourth-order valence-electron chi connectivity index (χ4n) is 4.17. The van der Waals surface area contributed by atoms with Crippen LogP contribution in [-0.4, -0.2) is 56.1 Å². The van der Waals surface area contributed by atoms with Gasteiger partial charge in [0.2, 0.25) is 11.8 Å². The summed E-state index contributed by atoms with van der Waals surface area (Å²) in [4.78, 5) is 22.6. The summed E-state index contributed by atoms with van der Waals surface area (Å²) in [6.45, 7) is 7.05. The van der Waals surface area contributed by atoms with Crippen molar-refractivity contribution in [2.24, 2.45) is 0 Å². The molecule has 4 rings (SSSR count). The molecule has 0 bridgehead atoms. The summed E-state index contributed by atoms with van der Waals surface area (Å²) >= 11 is 0. The fraction of sp³-hybridized carbons (Fsp3) is 0.619. The van der Waals surface area contributed by atoms with E-state index in [-0.39, 0.29) is 5.88 Å². The lowest BCUT2D eigenvalue weighted by atomic mass is 9.93. The number of aryl methyl sites for hydroxylation is 1. The molecule has 2 saturated heterocycles. The molecular weight excluding hydrogens is 352 g/mol. The molecule has 28 heavy (non-hydrogen) atoms. The molecule has 0 saturated carbocycles. The van der Waals surface area contributed by atoms with Crippen LogP contribution in [0.25, 0.3) is 0 Å². The second-order valence-electron chi connectivity index (χ2n) is 7.95. The molecule has 0 radical (unpaired) electrons. The van der Waals surface area contributed by atoms with Crippen molar-refractivity contribution in [1.82, 2.24) is 24.8 Å². The SMILES string of the molecule is CCCc1ncc(CN2CCC(c3cc(O)nc(N4CCCC4)n3)CC2)cn1. The van der Waals surface area contributed by atoms with Gasteiger partial charge in [-0.1, -0.05) is 6.92 Å². The number of hydrogen-bond acceptors (Lipinski definition) is 7. The number of rotatable bonds is 6. The maximum atomic E-state index is 10.1. The molecule has 2 aliphatic heterocycles. The summed E-state index contributed by atoms with van der Waals surface area (Å²) in [5.41, 5.74) is 2.16. The number of piperidine rings is 1. The second kappa shape index (κ2) is 8.82. The van der Waals surface area contributed by atoms with Crippen LogP contribution in [0, 0.1) is 0 Å². The highest BCUT2D eigenvalue weighted by atomic mass is 16.3. The number of aromatic hydroxyl groups is 1. The van der Waals surface area contributed by atoms with E-state index < -0.39 is 0 Å². The second-order valence-corrected chi connectivity index (χ2v) is 7.95. The quantitative estimate of drug-likeness (QED) is 0.823. The molecule has 7 nitrogen and oxygen atoms in total. The normalized spacial score (nSPS) is 18.7. The van der Waals surface area contributed by atoms with E-state index in [0.717, 1.165) is 69.9 Å². The maximum absolute atomic E-state index is 10.1. The predicted octanol–water partition coefficient (Wildman–Crippen LogP) is 2.90. The van der Waals surface area contributed by atoms with Gasteiger partial charge in [-0.05, 0) is 45.2 Å². The Kier molecular flexibility index (Phi) is 6.00. The van der Waals surface area contributed by atoms with Crippen molar-refractivity contribution in [3.05, 3.63) is 35.5 Å². The van der Waals surface area contributed by atoms with Crippen molar-refractivity contribution in [2.45, 2.75) is 57.9 Å². The lowest BCUT2D eigenvalue weighted by Gasteiger charge is -2.31. The highest BCUT2D eigenvalue weighted by molar-refractivity contribution is 5.36. The monoisotopic (exact) mass is 382 g/mol. The van der Waals surface area contributed by atoms with Gasteiger partial charge in [-0.3, -0.25) is 4.90 Å². The third-order valence-corrected chi connectivity index (χ3v) is 5.75. The van der Waals surface area contributed by atoms with Gasteiger partial charge in [-0.25, -0.2) is 15.0 Å². The number of aromatic nitrogens is 4. The zero-order valence-corrected chi connectivity index (χ0v) is 16.7. The molecule has 0 spiro atoms. The first-order valence-electron chi connectivity index (χ1n) is 10.6. The van der Waals surface area contributed by atoms with Gasteiger partial charge in [0.25, 0.3) is 0 Å². The minimum Gasteiger partial charge on any atom is -0.493 e. The highest BCUT2D eigenvalue weighted by Crippen LogP contribution is 2.30. The smallest absolute Gasteiger partial charge is 0.228 e. The van der Waals surface area contributed by atoms with Gasteiger partial charge in [0.15, 0.2) is 0 Å². The molecule has 2 aromatic rings. The fourth-order valence-corrected chi connectivity index (χ4v) is 4.17. The van der Waals surface area contributed by atoms with E-state index in [0.29, 0.717) is 11.9 Å². The van der Waals surface area contributed by atoms with Gasteiger partial charge in [0.05, 0.1) is 5.69 Å². The largest absolute Gasteiger partial charge is 0.493 e. The lowest BCUT2D eigenvalue weighted by molar-refractivity contribution is 0.202. The van der Waals surface area contributed by atoms with Crippen molar-refractivity contribution in [1.29, 1.82) is 0 Å². The van der Waals surface area contributed by atoms with E-state index in [1.54, 1.807) is 6.07 Å². The van der Waals surface area contributed by atoms with Gasteiger partial charge in [-0.2, -0.15) is 4.98 Å². The molecule has 2 aromatic heterocycles. The third-order valence-electron chi connectivity index (χ3n) is 5.75. The van der Waals surface area contributed by atoms with Crippen molar-refractivity contribution >= 4 is 5.95 Å². The minimum atomic E-state index is 0.0960. The summed E-state index contributed by atoms with van der Waals surface area (Å²) < 4.78 is 0. The standard InChI is InChI=1S/C21H30N6O/c1-2-5-19-22-13-16(14-23-19)15-26-10-6-17(7-11-26)18-12-20(28)25-21(24-18)27-8-3-4-9-27/h12-14,17H,2-11,15H2,1H3,(H,24,25,28). The van der Waals surface area contributed by atoms with Gasteiger partial charge in [0.1, 0.15) is 5.82 Å². The molecule has 0 aromatic carbocycles. The molecule has 0 amide bonds. The van der Waals surface area contributed by atoms with E-state index in [4.69, 9.17) is 4.98 Å². The van der Waals surface area contributed by atoms with Gasteiger partial charge in [0, 0.05) is 56.0 Å². The average Bonchev–Trinajstić information content (AvgIpc) is 3.25. The predicted molar refractivity (Wildman–Crippen MR) is 108 cm³/mol. The third kappa shape index (κ3) is 4.58. The molecule has 0 atom stereocenters. The molecule has 7 heteroatoms. The molecule has 2 fully saturated rings. The van der Waals surface area contributed by atoms with Crippen LogP contribution in [0.3, 0.4) is 0 Å².